The molecule has 1 aliphatic rings. The first-order valence-electron chi connectivity index (χ1n) is 10.1. The van der Waals surface area contributed by atoms with Crippen LogP contribution < -0.4 is 9.47 Å². The summed E-state index contributed by atoms with van der Waals surface area (Å²) in [4.78, 5) is 27.0. The van der Waals surface area contributed by atoms with Crippen LogP contribution in [0, 0.1) is 0 Å². The van der Waals surface area contributed by atoms with E-state index in [0.717, 1.165) is 21.8 Å². The highest BCUT2D eigenvalue weighted by molar-refractivity contribution is 9.10. The smallest absolute Gasteiger partial charge is 0.293 e. The van der Waals surface area contributed by atoms with Gasteiger partial charge in [-0.15, -0.1) is 0 Å². The fraction of sp³-hybridized carbons (Fsp3) is 0.120. The number of carbonyl (C=O) groups excluding carboxylic acids is 2. The summed E-state index contributed by atoms with van der Waals surface area (Å²) in [7, 11) is 1.53. The molecule has 3 aromatic rings. The molecule has 0 aliphatic carbocycles. The average molecular weight is 579 g/mol. The summed E-state index contributed by atoms with van der Waals surface area (Å²) >= 11 is 16.8. The standard InChI is InChI=1S/C25H18BrCl2NO4S/c1-32-22-11-15(9-10-21(22)33-14-17-19(27)7-4-8-20(17)28)12-23-24(30)29(25(31)34-23)13-16-5-2-3-6-18(16)26/h2-12H,13-14H2,1H3/b23-12-. The molecule has 4 rings (SSSR count). The molecular weight excluding hydrogens is 561 g/mol. The molecule has 174 valence electrons. The van der Waals surface area contributed by atoms with Crippen LogP contribution in [-0.4, -0.2) is 23.2 Å². The van der Waals surface area contributed by atoms with Crippen LogP contribution in [0.3, 0.4) is 0 Å². The number of ether oxygens (including phenoxy) is 2. The molecule has 1 heterocycles. The van der Waals surface area contributed by atoms with Crippen molar-refractivity contribution in [2.45, 2.75) is 13.2 Å². The molecule has 0 N–H and O–H groups in total. The second-order valence-electron chi connectivity index (χ2n) is 7.26. The Balaban J connectivity index is 1.51. The lowest BCUT2D eigenvalue weighted by molar-refractivity contribution is -0.123. The maximum absolute atomic E-state index is 12.9. The van der Waals surface area contributed by atoms with Crippen molar-refractivity contribution in [3.8, 4) is 11.5 Å². The minimum Gasteiger partial charge on any atom is -0.493 e. The lowest BCUT2D eigenvalue weighted by Crippen LogP contribution is -2.27. The van der Waals surface area contributed by atoms with E-state index in [-0.39, 0.29) is 24.3 Å². The number of imide groups is 1. The number of hydrogen-bond donors (Lipinski definition) is 0. The van der Waals surface area contributed by atoms with E-state index < -0.39 is 0 Å². The molecule has 0 atom stereocenters. The Morgan fingerprint density at radius 2 is 1.74 bits per heavy atom. The number of methoxy groups -OCH3 is 1. The molecule has 9 heteroatoms. The predicted molar refractivity (Wildman–Crippen MR) is 139 cm³/mol. The fourth-order valence-corrected chi connectivity index (χ4v) is 5.05. The van der Waals surface area contributed by atoms with Crippen molar-refractivity contribution in [3.63, 3.8) is 0 Å². The van der Waals surface area contributed by atoms with Gasteiger partial charge in [0.2, 0.25) is 0 Å². The fourth-order valence-electron chi connectivity index (χ4n) is 3.30. The highest BCUT2D eigenvalue weighted by Crippen LogP contribution is 2.36. The van der Waals surface area contributed by atoms with Crippen molar-refractivity contribution in [1.82, 2.24) is 4.90 Å². The van der Waals surface area contributed by atoms with Crippen molar-refractivity contribution in [2.24, 2.45) is 0 Å². The Kier molecular flexibility index (Phi) is 7.88. The Hall–Kier alpha value is -2.45. The van der Waals surface area contributed by atoms with Gasteiger partial charge in [-0.3, -0.25) is 14.5 Å². The lowest BCUT2D eigenvalue weighted by atomic mass is 10.1. The summed E-state index contributed by atoms with van der Waals surface area (Å²) in [5.74, 6) is 0.639. The SMILES string of the molecule is COc1cc(/C=C2\SC(=O)N(Cc3ccccc3Br)C2=O)ccc1OCc1c(Cl)cccc1Cl. The van der Waals surface area contributed by atoms with E-state index in [1.807, 2.05) is 24.3 Å². The second-order valence-corrected chi connectivity index (χ2v) is 9.92. The van der Waals surface area contributed by atoms with E-state index in [4.69, 9.17) is 32.7 Å². The molecule has 0 aromatic heterocycles. The van der Waals surface area contributed by atoms with Crippen LogP contribution in [0.2, 0.25) is 10.0 Å². The topological polar surface area (TPSA) is 55.8 Å². The zero-order chi connectivity index (χ0) is 24.2. The summed E-state index contributed by atoms with van der Waals surface area (Å²) in [6, 6.07) is 18.0. The molecule has 0 saturated carbocycles. The minimum atomic E-state index is -0.335. The third-order valence-electron chi connectivity index (χ3n) is 5.08. The number of hydrogen-bond acceptors (Lipinski definition) is 5. The normalized spacial score (nSPS) is 14.7. The number of thioether (sulfide) groups is 1. The maximum atomic E-state index is 12.9. The predicted octanol–water partition coefficient (Wildman–Crippen LogP) is 7.58. The largest absolute Gasteiger partial charge is 0.493 e. The summed E-state index contributed by atoms with van der Waals surface area (Å²) < 4.78 is 12.2. The zero-order valence-corrected chi connectivity index (χ0v) is 21.8. The molecule has 0 unspecified atom stereocenters. The van der Waals surface area contributed by atoms with Gasteiger partial charge in [-0.2, -0.15) is 0 Å². The molecule has 2 amide bonds. The van der Waals surface area contributed by atoms with Gasteiger partial charge in [0.05, 0.1) is 18.6 Å². The molecule has 1 fully saturated rings. The van der Waals surface area contributed by atoms with Crippen LogP contribution in [-0.2, 0) is 17.9 Å². The highest BCUT2D eigenvalue weighted by Gasteiger charge is 2.35. The molecule has 5 nitrogen and oxygen atoms in total. The van der Waals surface area contributed by atoms with Crippen LogP contribution >= 0.6 is 50.9 Å². The van der Waals surface area contributed by atoms with Gasteiger partial charge in [0.25, 0.3) is 11.1 Å². The first-order valence-corrected chi connectivity index (χ1v) is 12.5. The van der Waals surface area contributed by atoms with Crippen LogP contribution in [0.5, 0.6) is 11.5 Å². The lowest BCUT2D eigenvalue weighted by Gasteiger charge is -2.14. The van der Waals surface area contributed by atoms with Crippen molar-refractivity contribution in [3.05, 3.63) is 96.8 Å². The molecule has 1 saturated heterocycles. The van der Waals surface area contributed by atoms with Crippen LogP contribution in [0.1, 0.15) is 16.7 Å². The van der Waals surface area contributed by atoms with Gasteiger partial charge in [0.15, 0.2) is 11.5 Å². The second kappa shape index (κ2) is 10.9. The van der Waals surface area contributed by atoms with E-state index in [9.17, 15) is 9.59 Å². The van der Waals surface area contributed by atoms with Gasteiger partial charge in [-0.25, -0.2) is 0 Å². The Labute approximate surface area is 219 Å². The first-order chi connectivity index (χ1) is 16.4. The Morgan fingerprint density at radius 1 is 1.00 bits per heavy atom. The monoisotopic (exact) mass is 577 g/mol. The summed E-state index contributed by atoms with van der Waals surface area (Å²) in [5, 5.41) is 0.721. The van der Waals surface area contributed by atoms with E-state index in [1.54, 1.807) is 42.5 Å². The number of benzene rings is 3. The minimum absolute atomic E-state index is 0.169. The maximum Gasteiger partial charge on any atom is 0.293 e. The highest BCUT2D eigenvalue weighted by atomic mass is 79.9. The molecule has 0 radical (unpaired) electrons. The van der Waals surface area contributed by atoms with Gasteiger partial charge in [0.1, 0.15) is 6.61 Å². The summed E-state index contributed by atoms with van der Waals surface area (Å²) in [6.45, 7) is 0.367. The quantitative estimate of drug-likeness (QED) is 0.270. The molecule has 0 spiro atoms. The first kappa shape index (κ1) is 24.7. The summed E-state index contributed by atoms with van der Waals surface area (Å²) in [5.41, 5.74) is 2.23. The van der Waals surface area contributed by atoms with Gasteiger partial charge >= 0.3 is 0 Å². The number of rotatable bonds is 7. The molecule has 3 aromatic carbocycles. The summed E-state index contributed by atoms with van der Waals surface area (Å²) in [6.07, 6.45) is 1.67. The van der Waals surface area contributed by atoms with Crippen molar-refractivity contribution in [1.29, 1.82) is 0 Å². The Morgan fingerprint density at radius 3 is 2.44 bits per heavy atom. The van der Waals surface area contributed by atoms with Gasteiger partial charge < -0.3 is 9.47 Å². The molecule has 34 heavy (non-hydrogen) atoms. The van der Waals surface area contributed by atoms with Crippen molar-refractivity contribution < 1.29 is 19.1 Å². The number of carbonyl (C=O) groups is 2. The van der Waals surface area contributed by atoms with E-state index >= 15 is 0 Å². The third kappa shape index (κ3) is 5.44. The van der Waals surface area contributed by atoms with Gasteiger partial charge in [-0.05, 0) is 59.3 Å². The van der Waals surface area contributed by atoms with Crippen LogP contribution in [0.4, 0.5) is 4.79 Å². The average Bonchev–Trinajstić information content (AvgIpc) is 3.08. The number of amides is 2. The number of nitrogens with zero attached hydrogens (tertiary/aromatic N) is 1. The Bertz CT molecular complexity index is 1280. The van der Waals surface area contributed by atoms with Gasteiger partial charge in [0, 0.05) is 20.1 Å². The van der Waals surface area contributed by atoms with Crippen molar-refractivity contribution in [2.75, 3.05) is 7.11 Å². The van der Waals surface area contributed by atoms with E-state index in [2.05, 4.69) is 15.9 Å². The van der Waals surface area contributed by atoms with E-state index in [1.165, 1.54) is 12.0 Å². The van der Waals surface area contributed by atoms with E-state index in [0.29, 0.717) is 37.6 Å². The van der Waals surface area contributed by atoms with Gasteiger partial charge in [-0.1, -0.05) is 69.5 Å². The molecular formula is C25H18BrCl2NO4S. The van der Waals surface area contributed by atoms with Crippen LogP contribution in [0.25, 0.3) is 6.08 Å². The van der Waals surface area contributed by atoms with Crippen LogP contribution in [0.15, 0.2) is 70.0 Å². The van der Waals surface area contributed by atoms with Crippen molar-refractivity contribution >= 4 is 68.1 Å². The molecule has 1 aliphatic heterocycles. The zero-order valence-electron chi connectivity index (χ0n) is 17.9. The number of halogens is 3. The third-order valence-corrected chi connectivity index (χ3v) is 7.47. The molecule has 0 bridgehead atoms.